The molecule has 0 aromatic heterocycles. The highest BCUT2D eigenvalue weighted by Gasteiger charge is 2.48. The molecule has 1 rings (SSSR count). The van der Waals surface area contributed by atoms with Gasteiger partial charge in [-0.1, -0.05) is 20.8 Å². The van der Waals surface area contributed by atoms with Gasteiger partial charge < -0.3 is 0 Å². The van der Waals surface area contributed by atoms with Crippen LogP contribution in [0, 0.1) is 16.1 Å². The summed E-state index contributed by atoms with van der Waals surface area (Å²) in [6.07, 6.45) is 2.64. The summed E-state index contributed by atoms with van der Waals surface area (Å²) < 4.78 is 19.6. The fourth-order valence-electron chi connectivity index (χ4n) is 3.57. The molecule has 1 N–H and O–H groups in total. The van der Waals surface area contributed by atoms with Gasteiger partial charge in [-0.15, -0.1) is 0 Å². The van der Waals surface area contributed by atoms with Gasteiger partial charge in [0.25, 0.3) is 0 Å². The second-order valence-corrected chi connectivity index (χ2v) is 10.7. The first-order valence-corrected chi connectivity index (χ1v) is 9.37. The Bertz CT molecular complexity index is 414. The lowest BCUT2D eigenvalue weighted by atomic mass is 9.82. The molecular formula is C15H32N2OS. The fraction of sp³-hybridized carbons (Fsp3) is 1.00. The van der Waals surface area contributed by atoms with Gasteiger partial charge in [-0.3, -0.25) is 13.9 Å². The average Bonchev–Trinajstić information content (AvgIpc) is 2.39. The van der Waals surface area contributed by atoms with Crippen molar-refractivity contribution in [1.82, 2.24) is 4.90 Å². The van der Waals surface area contributed by atoms with Crippen LogP contribution in [-0.4, -0.2) is 38.7 Å². The summed E-state index contributed by atoms with van der Waals surface area (Å²) in [5.41, 5.74) is 0.329. The van der Waals surface area contributed by atoms with E-state index in [2.05, 4.69) is 53.4 Å². The summed E-state index contributed by atoms with van der Waals surface area (Å²) in [6.45, 7) is 15.9. The van der Waals surface area contributed by atoms with Gasteiger partial charge >= 0.3 is 0 Å². The number of nitrogens with one attached hydrogen (secondary N) is 1. The second-order valence-electron chi connectivity index (χ2n) is 8.37. The van der Waals surface area contributed by atoms with Crippen molar-refractivity contribution in [3.8, 4) is 0 Å². The average molecular weight is 289 g/mol. The largest absolute Gasteiger partial charge is 0.292 e. The molecule has 0 aromatic carbocycles. The van der Waals surface area contributed by atoms with Gasteiger partial charge in [0.05, 0.1) is 0 Å². The van der Waals surface area contributed by atoms with Gasteiger partial charge in [0, 0.05) is 39.4 Å². The molecule has 114 valence electrons. The molecule has 19 heavy (non-hydrogen) atoms. The normalized spacial score (nSPS) is 33.4. The van der Waals surface area contributed by atoms with Crippen molar-refractivity contribution < 1.29 is 4.21 Å². The highest BCUT2D eigenvalue weighted by atomic mass is 32.2. The number of hydrogen-bond donors (Lipinski definition) is 1. The van der Waals surface area contributed by atoms with Crippen LogP contribution in [-0.2, 0) is 9.73 Å². The smallest absolute Gasteiger partial charge is 0.0415 e. The fourth-order valence-corrected chi connectivity index (χ4v) is 4.80. The molecule has 1 aliphatic heterocycles. The Morgan fingerprint density at radius 1 is 1.21 bits per heavy atom. The van der Waals surface area contributed by atoms with Crippen LogP contribution in [0.5, 0.6) is 0 Å². The first-order valence-electron chi connectivity index (χ1n) is 7.23. The van der Waals surface area contributed by atoms with Crippen LogP contribution in [0.25, 0.3) is 0 Å². The summed E-state index contributed by atoms with van der Waals surface area (Å²) in [7, 11) is -2.40. The summed E-state index contributed by atoms with van der Waals surface area (Å²) in [5, 5.41) is 0. The van der Waals surface area contributed by atoms with E-state index in [1.165, 1.54) is 0 Å². The van der Waals surface area contributed by atoms with Crippen LogP contribution in [0.2, 0.25) is 0 Å². The van der Waals surface area contributed by atoms with Crippen molar-refractivity contribution in [3.63, 3.8) is 0 Å². The van der Waals surface area contributed by atoms with E-state index >= 15 is 0 Å². The van der Waals surface area contributed by atoms with Crippen molar-refractivity contribution in [2.24, 2.45) is 11.3 Å². The summed E-state index contributed by atoms with van der Waals surface area (Å²) in [6, 6.07) is 0.893. The maximum absolute atomic E-state index is 11.8. The standard InChI is InChI=1S/C15H32N2OS/c1-11-12(10-19(8,16)18)9-13(14(2,3)4)17(11)15(5,6)7/h11-13,16H,9-10H2,1-8H3/t11-,12-,13+,19?/m1/s1. The third-order valence-corrected chi connectivity index (χ3v) is 5.35. The molecule has 1 aliphatic rings. The zero-order valence-corrected chi connectivity index (χ0v) is 14.7. The van der Waals surface area contributed by atoms with Crippen LogP contribution in [0.1, 0.15) is 54.9 Å². The molecule has 4 heteroatoms. The Morgan fingerprint density at radius 3 is 1.95 bits per heavy atom. The predicted octanol–water partition coefficient (Wildman–Crippen LogP) is 3.59. The van der Waals surface area contributed by atoms with Gasteiger partial charge in [-0.05, 0) is 45.4 Å². The first kappa shape index (κ1) is 17.0. The lowest BCUT2D eigenvalue weighted by molar-refractivity contribution is 0.0284. The van der Waals surface area contributed by atoms with Gasteiger partial charge in [0.1, 0.15) is 0 Å². The molecule has 0 saturated carbocycles. The van der Waals surface area contributed by atoms with E-state index in [4.69, 9.17) is 4.78 Å². The minimum Gasteiger partial charge on any atom is -0.292 e. The molecular weight excluding hydrogens is 256 g/mol. The number of likely N-dealkylation sites (tertiary alicyclic amines) is 1. The zero-order chi connectivity index (χ0) is 15.2. The zero-order valence-electron chi connectivity index (χ0n) is 13.9. The van der Waals surface area contributed by atoms with Crippen molar-refractivity contribution in [2.75, 3.05) is 12.0 Å². The Labute approximate surface area is 120 Å². The van der Waals surface area contributed by atoms with E-state index in [-0.39, 0.29) is 11.0 Å². The van der Waals surface area contributed by atoms with Crippen LogP contribution < -0.4 is 0 Å². The maximum atomic E-state index is 11.8. The van der Waals surface area contributed by atoms with Gasteiger partial charge in [0.2, 0.25) is 0 Å². The highest BCUT2D eigenvalue weighted by molar-refractivity contribution is 7.91. The minimum absolute atomic E-state index is 0.114. The molecule has 0 aliphatic carbocycles. The summed E-state index contributed by atoms with van der Waals surface area (Å²) in [5.74, 6) is 0.909. The number of rotatable bonds is 2. The molecule has 0 aromatic rings. The lowest BCUT2D eigenvalue weighted by Crippen LogP contribution is -2.52. The molecule has 3 nitrogen and oxygen atoms in total. The topological polar surface area (TPSA) is 44.2 Å². The highest BCUT2D eigenvalue weighted by Crippen LogP contribution is 2.43. The summed E-state index contributed by atoms with van der Waals surface area (Å²) >= 11 is 0. The van der Waals surface area contributed by atoms with E-state index in [0.29, 0.717) is 23.8 Å². The molecule has 0 radical (unpaired) electrons. The van der Waals surface area contributed by atoms with Gasteiger partial charge in [-0.25, -0.2) is 0 Å². The van der Waals surface area contributed by atoms with E-state index < -0.39 is 9.73 Å². The Kier molecular flexibility index (Phi) is 4.49. The lowest BCUT2D eigenvalue weighted by Gasteiger charge is -2.45. The monoisotopic (exact) mass is 288 g/mol. The molecule has 1 unspecified atom stereocenters. The quantitative estimate of drug-likeness (QED) is 0.844. The minimum atomic E-state index is -2.40. The van der Waals surface area contributed by atoms with E-state index in [1.54, 1.807) is 6.26 Å². The van der Waals surface area contributed by atoms with Crippen molar-refractivity contribution in [3.05, 3.63) is 0 Å². The predicted molar refractivity (Wildman–Crippen MR) is 84.1 cm³/mol. The van der Waals surface area contributed by atoms with E-state index in [0.717, 1.165) is 6.42 Å². The van der Waals surface area contributed by atoms with Gasteiger partial charge in [0.15, 0.2) is 0 Å². The van der Waals surface area contributed by atoms with E-state index in [9.17, 15) is 4.21 Å². The van der Waals surface area contributed by atoms with Crippen molar-refractivity contribution >= 4 is 9.73 Å². The number of nitrogens with zero attached hydrogens (tertiary/aromatic N) is 1. The Balaban J connectivity index is 3.07. The third kappa shape index (κ3) is 4.19. The number of hydrogen-bond acceptors (Lipinski definition) is 3. The maximum Gasteiger partial charge on any atom is 0.0415 e. The second kappa shape index (κ2) is 5.03. The van der Waals surface area contributed by atoms with Crippen LogP contribution in [0.15, 0.2) is 0 Å². The molecule has 4 atom stereocenters. The SMILES string of the molecule is C[C@@H]1[C@@H](CS(C)(=N)=O)C[C@@H](C(C)(C)C)N1C(C)(C)C. The van der Waals surface area contributed by atoms with Crippen LogP contribution in [0.3, 0.4) is 0 Å². The molecule has 1 heterocycles. The van der Waals surface area contributed by atoms with Crippen molar-refractivity contribution in [1.29, 1.82) is 4.78 Å². The van der Waals surface area contributed by atoms with E-state index in [1.807, 2.05) is 0 Å². The Morgan fingerprint density at radius 2 is 1.68 bits per heavy atom. The molecule has 1 fully saturated rings. The third-order valence-electron chi connectivity index (χ3n) is 4.29. The molecule has 1 saturated heterocycles. The van der Waals surface area contributed by atoms with Crippen LogP contribution >= 0.6 is 0 Å². The van der Waals surface area contributed by atoms with Crippen LogP contribution in [0.4, 0.5) is 0 Å². The Hall–Kier alpha value is -0.0900. The molecule has 0 amide bonds. The molecule has 0 spiro atoms. The summed E-state index contributed by atoms with van der Waals surface area (Å²) in [4.78, 5) is 2.59. The van der Waals surface area contributed by atoms with Gasteiger partial charge in [-0.2, -0.15) is 0 Å². The van der Waals surface area contributed by atoms with Crippen molar-refractivity contribution in [2.45, 2.75) is 72.5 Å². The molecule has 0 bridgehead atoms. The first-order chi connectivity index (χ1) is 8.23.